The Bertz CT molecular complexity index is 497. The summed E-state index contributed by atoms with van der Waals surface area (Å²) in [7, 11) is 4.83. The Morgan fingerprint density at radius 2 is 1.26 bits per heavy atom. The monoisotopic (exact) mass is 380 g/mol. The average Bonchev–Trinajstić information content (AvgIpc) is 2.65. The third-order valence-corrected chi connectivity index (χ3v) is 4.90. The molecule has 1 unspecified atom stereocenters. The maximum absolute atomic E-state index is 6.70. The van der Waals surface area contributed by atoms with Crippen LogP contribution in [0.5, 0.6) is 0 Å². The number of ether oxygens (including phenoxy) is 4. The minimum atomic E-state index is -1.33. The molecule has 0 aliphatic carbocycles. The van der Waals surface area contributed by atoms with Gasteiger partial charge in [-0.25, -0.2) is 0 Å². The molecule has 0 aromatic heterocycles. The minimum absolute atomic E-state index is 0.404. The van der Waals surface area contributed by atoms with Gasteiger partial charge in [0, 0.05) is 21.3 Å². The van der Waals surface area contributed by atoms with Gasteiger partial charge in [0.05, 0.1) is 5.60 Å². The molecule has 4 nitrogen and oxygen atoms in total. The molecule has 0 heterocycles. The highest BCUT2D eigenvalue weighted by Crippen LogP contribution is 2.47. The van der Waals surface area contributed by atoms with Crippen molar-refractivity contribution in [1.29, 1.82) is 0 Å². The minimum Gasteiger partial charge on any atom is -0.356 e. The standard InChI is InChI=1S/C23H40O4/c1-8-9-10-11-12-16-19-22(27-21(2,3)4,20-17-14-13-15-18-20)23(24-5,25-6)26-7/h13-15,17-18H,8-12,16,19H2,1-7H3. The SMILES string of the molecule is CCCCCCCCC(OC(C)(C)C)(c1ccccc1)C(OC)(OC)OC. The summed E-state index contributed by atoms with van der Waals surface area (Å²) in [4.78, 5) is 0. The molecule has 0 radical (unpaired) electrons. The van der Waals surface area contributed by atoms with Gasteiger partial charge in [-0.1, -0.05) is 69.4 Å². The number of benzene rings is 1. The maximum atomic E-state index is 6.70. The third-order valence-electron chi connectivity index (χ3n) is 4.90. The average molecular weight is 381 g/mol. The summed E-state index contributed by atoms with van der Waals surface area (Å²) in [5.41, 5.74) is -0.284. The molecule has 0 bridgehead atoms. The molecule has 0 aliphatic rings. The fourth-order valence-corrected chi connectivity index (χ4v) is 3.78. The van der Waals surface area contributed by atoms with Gasteiger partial charge >= 0.3 is 5.97 Å². The fourth-order valence-electron chi connectivity index (χ4n) is 3.78. The molecule has 1 rings (SSSR count). The van der Waals surface area contributed by atoms with Gasteiger partial charge in [-0.2, -0.15) is 0 Å². The van der Waals surface area contributed by atoms with E-state index in [0.717, 1.165) is 24.8 Å². The Kier molecular flexibility index (Phi) is 9.96. The summed E-state index contributed by atoms with van der Waals surface area (Å²) in [6, 6.07) is 10.2. The summed E-state index contributed by atoms with van der Waals surface area (Å²) < 4.78 is 24.2. The molecule has 4 heteroatoms. The van der Waals surface area contributed by atoms with Crippen LogP contribution in [0.15, 0.2) is 30.3 Å². The second-order valence-corrected chi connectivity index (χ2v) is 8.09. The van der Waals surface area contributed by atoms with Gasteiger partial charge in [-0.05, 0) is 39.2 Å². The van der Waals surface area contributed by atoms with Gasteiger partial charge in [0.15, 0.2) is 5.60 Å². The highest BCUT2D eigenvalue weighted by atomic mass is 16.9. The first kappa shape index (κ1) is 24.1. The molecule has 1 aromatic carbocycles. The van der Waals surface area contributed by atoms with Crippen molar-refractivity contribution in [3.8, 4) is 0 Å². The lowest BCUT2D eigenvalue weighted by molar-refractivity contribution is -0.443. The van der Waals surface area contributed by atoms with Crippen molar-refractivity contribution in [2.24, 2.45) is 0 Å². The van der Waals surface area contributed by atoms with Crippen molar-refractivity contribution in [2.75, 3.05) is 21.3 Å². The summed E-state index contributed by atoms with van der Waals surface area (Å²) in [5.74, 6) is -1.33. The molecule has 0 saturated carbocycles. The van der Waals surface area contributed by atoms with E-state index in [-0.39, 0.29) is 0 Å². The normalized spacial score (nSPS) is 14.9. The van der Waals surface area contributed by atoms with Crippen LogP contribution in [0.3, 0.4) is 0 Å². The van der Waals surface area contributed by atoms with E-state index in [1.165, 1.54) is 25.7 Å². The highest BCUT2D eigenvalue weighted by molar-refractivity contribution is 5.25. The van der Waals surface area contributed by atoms with Crippen LogP contribution in [0, 0.1) is 0 Å². The number of unbranched alkanes of at least 4 members (excludes halogenated alkanes) is 5. The first-order valence-electron chi connectivity index (χ1n) is 10.2. The Morgan fingerprint density at radius 3 is 1.74 bits per heavy atom. The van der Waals surface area contributed by atoms with E-state index < -0.39 is 17.2 Å². The van der Waals surface area contributed by atoms with E-state index in [4.69, 9.17) is 18.9 Å². The van der Waals surface area contributed by atoms with Crippen LogP contribution >= 0.6 is 0 Å². The van der Waals surface area contributed by atoms with Crippen LogP contribution in [0.25, 0.3) is 0 Å². The third kappa shape index (κ3) is 6.28. The number of methoxy groups -OCH3 is 3. The van der Waals surface area contributed by atoms with E-state index in [1.54, 1.807) is 21.3 Å². The molecule has 0 spiro atoms. The quantitative estimate of drug-likeness (QED) is 0.309. The lowest BCUT2D eigenvalue weighted by Crippen LogP contribution is -2.59. The van der Waals surface area contributed by atoms with Gasteiger partial charge in [-0.15, -0.1) is 0 Å². The van der Waals surface area contributed by atoms with Crippen LogP contribution in [0.2, 0.25) is 0 Å². The zero-order chi connectivity index (χ0) is 20.4. The summed E-state index contributed by atoms with van der Waals surface area (Å²) in [6.45, 7) is 8.40. The van der Waals surface area contributed by atoms with E-state index in [2.05, 4.69) is 39.8 Å². The molecular formula is C23H40O4. The largest absolute Gasteiger partial charge is 0.356 e. The summed E-state index contributed by atoms with van der Waals surface area (Å²) in [6.07, 6.45) is 7.95. The van der Waals surface area contributed by atoms with E-state index in [1.807, 2.05) is 18.2 Å². The predicted molar refractivity (Wildman–Crippen MR) is 111 cm³/mol. The Hall–Kier alpha value is -0.940. The molecule has 156 valence electrons. The van der Waals surface area contributed by atoms with Crippen molar-refractivity contribution in [3.63, 3.8) is 0 Å². The van der Waals surface area contributed by atoms with Gasteiger partial charge in [-0.3, -0.25) is 0 Å². The van der Waals surface area contributed by atoms with Crippen LogP contribution in [-0.4, -0.2) is 32.9 Å². The van der Waals surface area contributed by atoms with Crippen molar-refractivity contribution in [2.45, 2.75) is 89.8 Å². The van der Waals surface area contributed by atoms with Crippen LogP contribution < -0.4 is 0 Å². The molecule has 27 heavy (non-hydrogen) atoms. The first-order chi connectivity index (χ1) is 12.8. The molecule has 0 fully saturated rings. The molecule has 0 N–H and O–H groups in total. The van der Waals surface area contributed by atoms with E-state index in [9.17, 15) is 0 Å². The zero-order valence-electron chi connectivity index (χ0n) is 18.5. The molecular weight excluding hydrogens is 340 g/mol. The fraction of sp³-hybridized carbons (Fsp3) is 0.739. The second kappa shape index (κ2) is 11.2. The van der Waals surface area contributed by atoms with E-state index >= 15 is 0 Å². The van der Waals surface area contributed by atoms with Crippen molar-refractivity contribution >= 4 is 0 Å². The molecule has 1 aromatic rings. The van der Waals surface area contributed by atoms with Crippen LogP contribution in [-0.2, 0) is 24.5 Å². The predicted octanol–water partition coefficient (Wildman–Crippen LogP) is 6.04. The summed E-state index contributed by atoms with van der Waals surface area (Å²) >= 11 is 0. The Labute approximate surface area is 166 Å². The lowest BCUT2D eigenvalue weighted by atomic mass is 9.84. The lowest BCUT2D eigenvalue weighted by Gasteiger charge is -2.49. The molecule has 1 atom stereocenters. The number of hydrogen-bond donors (Lipinski definition) is 0. The van der Waals surface area contributed by atoms with Gasteiger partial charge in [0.2, 0.25) is 0 Å². The molecule has 0 amide bonds. The smallest absolute Gasteiger partial charge is 0.317 e. The topological polar surface area (TPSA) is 36.9 Å². The maximum Gasteiger partial charge on any atom is 0.317 e. The highest BCUT2D eigenvalue weighted by Gasteiger charge is 2.57. The number of rotatable bonds is 13. The van der Waals surface area contributed by atoms with Crippen LogP contribution in [0.4, 0.5) is 0 Å². The second-order valence-electron chi connectivity index (χ2n) is 8.09. The molecule has 0 saturated heterocycles. The van der Waals surface area contributed by atoms with Crippen molar-refractivity contribution < 1.29 is 18.9 Å². The van der Waals surface area contributed by atoms with Crippen LogP contribution in [0.1, 0.15) is 78.2 Å². The Balaban J connectivity index is 3.28. The van der Waals surface area contributed by atoms with Crippen molar-refractivity contribution in [1.82, 2.24) is 0 Å². The van der Waals surface area contributed by atoms with Gasteiger partial charge < -0.3 is 18.9 Å². The van der Waals surface area contributed by atoms with Gasteiger partial charge in [0.25, 0.3) is 0 Å². The molecule has 0 aliphatic heterocycles. The van der Waals surface area contributed by atoms with Gasteiger partial charge in [0.1, 0.15) is 0 Å². The van der Waals surface area contributed by atoms with Crippen molar-refractivity contribution in [3.05, 3.63) is 35.9 Å². The summed E-state index contributed by atoms with van der Waals surface area (Å²) in [5, 5.41) is 0. The number of hydrogen-bond acceptors (Lipinski definition) is 4. The Morgan fingerprint density at radius 1 is 0.741 bits per heavy atom. The zero-order valence-corrected chi connectivity index (χ0v) is 18.5. The van der Waals surface area contributed by atoms with E-state index in [0.29, 0.717) is 0 Å². The first-order valence-corrected chi connectivity index (χ1v) is 10.2.